The molecule has 3 rings (SSSR count). The maximum absolute atomic E-state index is 12.5. The summed E-state index contributed by atoms with van der Waals surface area (Å²) >= 11 is 0. The Bertz CT molecular complexity index is 774. The Labute approximate surface area is 135 Å². The third-order valence-electron chi connectivity index (χ3n) is 3.69. The van der Waals surface area contributed by atoms with Crippen LogP contribution in [-0.2, 0) is 16.1 Å². The van der Waals surface area contributed by atoms with Gasteiger partial charge in [0, 0.05) is 11.8 Å². The predicted octanol–water partition coefficient (Wildman–Crippen LogP) is 3.17. The molecule has 0 spiro atoms. The molecule has 1 N–H and O–H groups in total. The largest absolute Gasteiger partial charge is 0.351 e. The Hall–Kier alpha value is -2.88. The van der Waals surface area contributed by atoms with Gasteiger partial charge in [-0.2, -0.15) is 0 Å². The van der Waals surface area contributed by atoms with Gasteiger partial charge in [0.25, 0.3) is 11.8 Å². The molecule has 4 nitrogen and oxygen atoms in total. The van der Waals surface area contributed by atoms with E-state index in [9.17, 15) is 9.59 Å². The topological polar surface area (TPSA) is 49.4 Å². The van der Waals surface area contributed by atoms with Gasteiger partial charge in [-0.15, -0.1) is 0 Å². The summed E-state index contributed by atoms with van der Waals surface area (Å²) in [6.07, 6.45) is 1.36. The minimum atomic E-state index is -0.294. The van der Waals surface area contributed by atoms with Gasteiger partial charge in [0.2, 0.25) is 0 Å². The van der Waals surface area contributed by atoms with Gasteiger partial charge in [-0.05, 0) is 42.7 Å². The van der Waals surface area contributed by atoms with Crippen molar-refractivity contribution < 1.29 is 9.59 Å². The number of anilines is 1. The Morgan fingerprint density at radius 3 is 2.26 bits per heavy atom. The average molecular weight is 306 g/mol. The van der Waals surface area contributed by atoms with E-state index >= 15 is 0 Å². The zero-order valence-corrected chi connectivity index (χ0v) is 13.2. The molecule has 116 valence electrons. The second-order valence-electron chi connectivity index (χ2n) is 5.77. The SMILES string of the molecule is Cc1cc(C)cc(NC2=CC(=O)N(Cc3ccccc3)C2=O)c1. The van der Waals surface area contributed by atoms with Crippen molar-refractivity contribution in [2.75, 3.05) is 5.32 Å². The van der Waals surface area contributed by atoms with E-state index in [-0.39, 0.29) is 18.4 Å². The second kappa shape index (κ2) is 6.08. The van der Waals surface area contributed by atoms with Crippen LogP contribution in [0.4, 0.5) is 5.69 Å². The van der Waals surface area contributed by atoms with Crippen molar-refractivity contribution in [1.82, 2.24) is 4.90 Å². The smallest absolute Gasteiger partial charge is 0.277 e. The summed E-state index contributed by atoms with van der Waals surface area (Å²) in [7, 11) is 0. The lowest BCUT2D eigenvalue weighted by molar-refractivity contribution is -0.137. The summed E-state index contributed by atoms with van der Waals surface area (Å²) in [6, 6.07) is 15.4. The summed E-state index contributed by atoms with van der Waals surface area (Å²) in [5.74, 6) is -0.580. The molecule has 2 amide bonds. The van der Waals surface area contributed by atoms with Crippen molar-refractivity contribution in [2.45, 2.75) is 20.4 Å². The Kier molecular flexibility index (Phi) is 3.98. The monoisotopic (exact) mass is 306 g/mol. The first kappa shape index (κ1) is 15.0. The first-order chi connectivity index (χ1) is 11.0. The van der Waals surface area contributed by atoms with Crippen LogP contribution < -0.4 is 5.32 Å². The molecule has 0 aromatic heterocycles. The van der Waals surface area contributed by atoms with Gasteiger partial charge in [0.05, 0.1) is 6.54 Å². The van der Waals surface area contributed by atoms with Gasteiger partial charge < -0.3 is 5.32 Å². The molecule has 0 aliphatic carbocycles. The summed E-state index contributed by atoms with van der Waals surface area (Å²) in [5.41, 5.74) is 4.26. The summed E-state index contributed by atoms with van der Waals surface area (Å²) in [4.78, 5) is 25.8. The third kappa shape index (κ3) is 3.31. The first-order valence-electron chi connectivity index (χ1n) is 7.50. The van der Waals surface area contributed by atoms with Crippen LogP contribution in [0, 0.1) is 13.8 Å². The lowest BCUT2D eigenvalue weighted by atomic mass is 10.1. The molecule has 1 heterocycles. The number of nitrogens with one attached hydrogen (secondary N) is 1. The molecule has 0 fully saturated rings. The molecule has 23 heavy (non-hydrogen) atoms. The van der Waals surface area contributed by atoms with E-state index in [1.807, 2.05) is 56.3 Å². The van der Waals surface area contributed by atoms with Crippen LogP contribution in [0.3, 0.4) is 0 Å². The number of nitrogens with zero attached hydrogens (tertiary/aromatic N) is 1. The number of carbonyl (C=O) groups is 2. The number of amides is 2. The molecule has 2 aromatic rings. The quantitative estimate of drug-likeness (QED) is 0.883. The molecule has 0 saturated heterocycles. The maximum atomic E-state index is 12.5. The number of hydrogen-bond acceptors (Lipinski definition) is 3. The van der Waals surface area contributed by atoms with E-state index in [0.717, 1.165) is 22.4 Å². The van der Waals surface area contributed by atoms with Crippen LogP contribution in [0.1, 0.15) is 16.7 Å². The molecule has 0 saturated carbocycles. The number of rotatable bonds is 4. The highest BCUT2D eigenvalue weighted by atomic mass is 16.2. The Morgan fingerprint density at radius 1 is 0.957 bits per heavy atom. The van der Waals surface area contributed by atoms with E-state index in [2.05, 4.69) is 11.4 Å². The molecular weight excluding hydrogens is 288 g/mol. The van der Waals surface area contributed by atoms with Crippen molar-refractivity contribution in [3.8, 4) is 0 Å². The highest BCUT2D eigenvalue weighted by Gasteiger charge is 2.31. The number of carbonyl (C=O) groups excluding carboxylic acids is 2. The van der Waals surface area contributed by atoms with Crippen LogP contribution >= 0.6 is 0 Å². The van der Waals surface area contributed by atoms with Gasteiger partial charge >= 0.3 is 0 Å². The molecule has 0 unspecified atom stereocenters. The fraction of sp³-hybridized carbons (Fsp3) is 0.158. The lowest BCUT2D eigenvalue weighted by Crippen LogP contribution is -2.31. The van der Waals surface area contributed by atoms with E-state index < -0.39 is 0 Å². The molecule has 1 aliphatic heterocycles. The van der Waals surface area contributed by atoms with Gasteiger partial charge in [0.1, 0.15) is 5.70 Å². The molecule has 0 bridgehead atoms. The predicted molar refractivity (Wildman–Crippen MR) is 89.6 cm³/mol. The molecule has 1 aliphatic rings. The zero-order valence-electron chi connectivity index (χ0n) is 13.2. The van der Waals surface area contributed by atoms with Crippen molar-refractivity contribution in [1.29, 1.82) is 0 Å². The fourth-order valence-electron chi connectivity index (χ4n) is 2.72. The minimum Gasteiger partial charge on any atom is -0.351 e. The normalized spacial score (nSPS) is 14.2. The summed E-state index contributed by atoms with van der Waals surface area (Å²) in [5, 5.41) is 3.07. The summed E-state index contributed by atoms with van der Waals surface area (Å²) in [6.45, 7) is 4.28. The molecule has 2 aromatic carbocycles. The standard InChI is InChI=1S/C19H18N2O2/c1-13-8-14(2)10-16(9-13)20-17-11-18(22)21(19(17)23)12-15-6-4-3-5-7-15/h3-11,20H,12H2,1-2H3. The van der Waals surface area contributed by atoms with Crippen molar-refractivity contribution in [2.24, 2.45) is 0 Å². The van der Waals surface area contributed by atoms with Crippen LogP contribution in [0.25, 0.3) is 0 Å². The Morgan fingerprint density at radius 2 is 1.61 bits per heavy atom. The number of hydrogen-bond donors (Lipinski definition) is 1. The third-order valence-corrected chi connectivity index (χ3v) is 3.69. The highest BCUT2D eigenvalue weighted by Crippen LogP contribution is 2.21. The first-order valence-corrected chi connectivity index (χ1v) is 7.50. The zero-order chi connectivity index (χ0) is 16.4. The van der Waals surface area contributed by atoms with Crippen LogP contribution in [-0.4, -0.2) is 16.7 Å². The van der Waals surface area contributed by atoms with Gasteiger partial charge in [-0.3, -0.25) is 14.5 Å². The van der Waals surface area contributed by atoms with Crippen LogP contribution in [0.15, 0.2) is 60.3 Å². The number of imide groups is 1. The fourth-order valence-corrected chi connectivity index (χ4v) is 2.72. The van der Waals surface area contributed by atoms with Crippen molar-refractivity contribution >= 4 is 17.5 Å². The summed E-state index contributed by atoms with van der Waals surface area (Å²) < 4.78 is 0. The van der Waals surface area contributed by atoms with Crippen molar-refractivity contribution in [3.63, 3.8) is 0 Å². The van der Waals surface area contributed by atoms with E-state index in [1.165, 1.54) is 11.0 Å². The van der Waals surface area contributed by atoms with Gasteiger partial charge in [-0.25, -0.2) is 0 Å². The molecule has 0 radical (unpaired) electrons. The van der Waals surface area contributed by atoms with Crippen molar-refractivity contribution in [3.05, 3.63) is 77.0 Å². The van der Waals surface area contributed by atoms with E-state index in [1.54, 1.807) is 0 Å². The molecule has 0 atom stereocenters. The van der Waals surface area contributed by atoms with Gasteiger partial charge in [0.15, 0.2) is 0 Å². The molecular formula is C19H18N2O2. The van der Waals surface area contributed by atoms with E-state index in [4.69, 9.17) is 0 Å². The average Bonchev–Trinajstić information content (AvgIpc) is 2.75. The van der Waals surface area contributed by atoms with Crippen LogP contribution in [0.2, 0.25) is 0 Å². The maximum Gasteiger partial charge on any atom is 0.277 e. The molecule has 4 heteroatoms. The highest BCUT2D eigenvalue weighted by molar-refractivity contribution is 6.17. The minimum absolute atomic E-state index is 0.285. The van der Waals surface area contributed by atoms with Gasteiger partial charge in [-0.1, -0.05) is 36.4 Å². The van der Waals surface area contributed by atoms with Crippen LogP contribution in [0.5, 0.6) is 0 Å². The second-order valence-corrected chi connectivity index (χ2v) is 5.77. The van der Waals surface area contributed by atoms with E-state index in [0.29, 0.717) is 5.70 Å². The number of benzene rings is 2. The lowest BCUT2D eigenvalue weighted by Gasteiger charge is -2.15. The number of aryl methyl sites for hydroxylation is 2. The Balaban J connectivity index is 1.76.